The van der Waals surface area contributed by atoms with Gasteiger partial charge < -0.3 is 5.32 Å². The van der Waals surface area contributed by atoms with Gasteiger partial charge >= 0.3 is 5.00 Å². The number of benzene rings is 1. The van der Waals surface area contributed by atoms with Crippen molar-refractivity contribution < 1.29 is 18.1 Å². The number of nitro groups is 1. The fourth-order valence-corrected chi connectivity index (χ4v) is 2.14. The highest BCUT2D eigenvalue weighted by Crippen LogP contribution is 2.24. The molecule has 0 spiro atoms. The van der Waals surface area contributed by atoms with Crippen molar-refractivity contribution in [3.05, 3.63) is 56.7 Å². The predicted molar refractivity (Wildman–Crippen MR) is 64.6 cm³/mol. The molecule has 100 valence electrons. The highest BCUT2D eigenvalue weighted by Gasteiger charge is 2.12. The van der Waals surface area contributed by atoms with Crippen LogP contribution in [0.2, 0.25) is 0 Å². The summed E-state index contributed by atoms with van der Waals surface area (Å²) in [6.07, 6.45) is 0. The number of hydrogen-bond donors (Lipinski definition) is 1. The molecule has 1 N–H and O–H groups in total. The molecule has 0 atom stereocenters. The molecule has 1 aromatic heterocycles. The largest absolute Gasteiger partial charge is 0.381 e. The second-order valence-corrected chi connectivity index (χ2v) is 4.55. The van der Waals surface area contributed by atoms with E-state index in [0.717, 1.165) is 23.5 Å². The average Bonchev–Trinajstić information content (AvgIpc) is 2.82. The van der Waals surface area contributed by atoms with Gasteiger partial charge in [0.05, 0.1) is 4.92 Å². The molecule has 0 radical (unpaired) electrons. The summed E-state index contributed by atoms with van der Waals surface area (Å²) in [5.74, 6) is -4.12. The van der Waals surface area contributed by atoms with Gasteiger partial charge in [-0.2, -0.15) is 0 Å². The summed E-state index contributed by atoms with van der Waals surface area (Å²) in [6.45, 7) is 0.148. The Morgan fingerprint density at radius 3 is 2.37 bits per heavy atom. The SMILES string of the molecule is O=[N+]([O-])c1cc(CNc2cc(F)c(F)c(F)c2)cs1. The second kappa shape index (κ2) is 5.27. The van der Waals surface area contributed by atoms with E-state index in [1.165, 1.54) is 6.07 Å². The third kappa shape index (κ3) is 3.02. The lowest BCUT2D eigenvalue weighted by Crippen LogP contribution is -2.01. The van der Waals surface area contributed by atoms with E-state index in [4.69, 9.17) is 0 Å². The van der Waals surface area contributed by atoms with Gasteiger partial charge in [-0.05, 0) is 5.56 Å². The lowest BCUT2D eigenvalue weighted by molar-refractivity contribution is -0.380. The van der Waals surface area contributed by atoms with Gasteiger partial charge in [0.2, 0.25) is 0 Å². The molecule has 19 heavy (non-hydrogen) atoms. The number of halogens is 3. The van der Waals surface area contributed by atoms with Crippen molar-refractivity contribution in [1.82, 2.24) is 0 Å². The molecule has 0 aliphatic rings. The summed E-state index contributed by atoms with van der Waals surface area (Å²) in [4.78, 5) is 9.95. The number of thiophene rings is 1. The quantitative estimate of drug-likeness (QED) is 0.530. The van der Waals surface area contributed by atoms with E-state index in [0.29, 0.717) is 5.56 Å². The van der Waals surface area contributed by atoms with Crippen LogP contribution in [0.15, 0.2) is 23.6 Å². The molecule has 0 amide bonds. The molecule has 0 aliphatic heterocycles. The molecule has 0 unspecified atom stereocenters. The second-order valence-electron chi connectivity index (χ2n) is 3.66. The van der Waals surface area contributed by atoms with Crippen molar-refractivity contribution in [3.63, 3.8) is 0 Å². The van der Waals surface area contributed by atoms with Gasteiger partial charge in [0.15, 0.2) is 17.5 Å². The van der Waals surface area contributed by atoms with Gasteiger partial charge in [-0.15, -0.1) is 0 Å². The first-order valence-electron chi connectivity index (χ1n) is 5.07. The Balaban J connectivity index is 2.08. The van der Waals surface area contributed by atoms with Crippen LogP contribution in [0, 0.1) is 27.6 Å². The van der Waals surface area contributed by atoms with E-state index in [9.17, 15) is 23.3 Å². The van der Waals surface area contributed by atoms with Crippen molar-refractivity contribution in [2.75, 3.05) is 5.32 Å². The highest BCUT2D eigenvalue weighted by molar-refractivity contribution is 7.13. The Labute approximate surface area is 109 Å². The number of rotatable bonds is 4. The van der Waals surface area contributed by atoms with Crippen molar-refractivity contribution in [2.45, 2.75) is 6.54 Å². The average molecular weight is 288 g/mol. The van der Waals surface area contributed by atoms with E-state index < -0.39 is 22.4 Å². The van der Waals surface area contributed by atoms with E-state index in [-0.39, 0.29) is 17.2 Å². The highest BCUT2D eigenvalue weighted by atomic mass is 32.1. The molecule has 0 saturated carbocycles. The molecule has 0 saturated heterocycles. The Morgan fingerprint density at radius 2 is 1.84 bits per heavy atom. The van der Waals surface area contributed by atoms with Crippen molar-refractivity contribution in [2.24, 2.45) is 0 Å². The van der Waals surface area contributed by atoms with Gasteiger partial charge in [0.1, 0.15) is 0 Å². The minimum atomic E-state index is -1.53. The first kappa shape index (κ1) is 13.3. The summed E-state index contributed by atoms with van der Waals surface area (Å²) in [6, 6.07) is 2.99. The summed E-state index contributed by atoms with van der Waals surface area (Å²) < 4.78 is 38.6. The summed E-state index contributed by atoms with van der Waals surface area (Å²) in [5, 5.41) is 14.7. The van der Waals surface area contributed by atoms with Crippen LogP contribution in [0.4, 0.5) is 23.9 Å². The van der Waals surface area contributed by atoms with Crippen LogP contribution in [-0.4, -0.2) is 4.92 Å². The van der Waals surface area contributed by atoms with Crippen molar-refractivity contribution in [3.8, 4) is 0 Å². The topological polar surface area (TPSA) is 55.2 Å². The van der Waals surface area contributed by atoms with Crippen LogP contribution >= 0.6 is 11.3 Å². The molecular formula is C11H7F3N2O2S. The Bertz CT molecular complexity index is 607. The number of nitrogens with one attached hydrogen (secondary N) is 1. The maximum absolute atomic E-state index is 12.9. The zero-order valence-electron chi connectivity index (χ0n) is 9.32. The van der Waals surface area contributed by atoms with Crippen LogP contribution in [0.25, 0.3) is 0 Å². The monoisotopic (exact) mass is 288 g/mol. The zero-order valence-corrected chi connectivity index (χ0v) is 10.1. The van der Waals surface area contributed by atoms with Gasteiger partial charge in [-0.3, -0.25) is 10.1 Å². The number of hydrogen-bond acceptors (Lipinski definition) is 4. The number of nitrogens with zero attached hydrogens (tertiary/aromatic N) is 1. The first-order valence-corrected chi connectivity index (χ1v) is 5.95. The molecule has 2 aromatic rings. The lowest BCUT2D eigenvalue weighted by atomic mass is 10.2. The minimum absolute atomic E-state index is 0.0201. The fraction of sp³-hybridized carbons (Fsp3) is 0.0909. The smallest absolute Gasteiger partial charge is 0.324 e. The molecule has 4 nitrogen and oxygen atoms in total. The van der Waals surface area contributed by atoms with Gasteiger partial charge in [-0.25, -0.2) is 13.2 Å². The van der Waals surface area contributed by atoms with E-state index in [1.807, 2.05) is 0 Å². The van der Waals surface area contributed by atoms with E-state index in [2.05, 4.69) is 5.32 Å². The molecule has 2 rings (SSSR count). The van der Waals surface area contributed by atoms with E-state index in [1.54, 1.807) is 5.38 Å². The molecule has 1 heterocycles. The Morgan fingerprint density at radius 1 is 1.21 bits per heavy atom. The van der Waals surface area contributed by atoms with Crippen molar-refractivity contribution >= 4 is 22.0 Å². The Hall–Kier alpha value is -2.09. The molecule has 0 fully saturated rings. The molecule has 0 aliphatic carbocycles. The first-order chi connectivity index (χ1) is 8.97. The van der Waals surface area contributed by atoms with Crippen LogP contribution in [0.3, 0.4) is 0 Å². The van der Waals surface area contributed by atoms with Crippen LogP contribution in [0.1, 0.15) is 5.56 Å². The third-order valence-electron chi connectivity index (χ3n) is 2.30. The van der Waals surface area contributed by atoms with Crippen LogP contribution in [-0.2, 0) is 6.54 Å². The van der Waals surface area contributed by atoms with Crippen LogP contribution in [0.5, 0.6) is 0 Å². The van der Waals surface area contributed by atoms with Crippen molar-refractivity contribution in [1.29, 1.82) is 0 Å². The van der Waals surface area contributed by atoms with Crippen LogP contribution < -0.4 is 5.32 Å². The third-order valence-corrected chi connectivity index (χ3v) is 3.23. The lowest BCUT2D eigenvalue weighted by Gasteiger charge is -2.05. The normalized spacial score (nSPS) is 10.5. The van der Waals surface area contributed by atoms with E-state index >= 15 is 0 Å². The summed E-state index contributed by atoms with van der Waals surface area (Å²) >= 11 is 0.954. The predicted octanol–water partition coefficient (Wildman–Crippen LogP) is 3.69. The van der Waals surface area contributed by atoms with Gasteiger partial charge in [0.25, 0.3) is 0 Å². The molecule has 0 bridgehead atoms. The maximum Gasteiger partial charge on any atom is 0.324 e. The molecular weight excluding hydrogens is 281 g/mol. The fourth-order valence-electron chi connectivity index (χ4n) is 1.41. The summed E-state index contributed by atoms with van der Waals surface area (Å²) in [5.41, 5.74) is 0.659. The zero-order chi connectivity index (χ0) is 14.0. The van der Waals surface area contributed by atoms with Gasteiger partial charge in [-0.1, -0.05) is 11.3 Å². The molecule has 1 aromatic carbocycles. The minimum Gasteiger partial charge on any atom is -0.381 e. The van der Waals surface area contributed by atoms with Gasteiger partial charge in [0, 0.05) is 35.8 Å². The maximum atomic E-state index is 12.9. The standard InChI is InChI=1S/C11H7F3N2O2S/c12-8-2-7(3-9(13)11(8)14)15-4-6-1-10(16(17)18)19-5-6/h1-3,5,15H,4H2. The number of anilines is 1. The Kier molecular flexibility index (Phi) is 3.70. The summed E-state index contributed by atoms with van der Waals surface area (Å²) in [7, 11) is 0. The molecule has 8 heteroatoms.